The van der Waals surface area contributed by atoms with Crippen molar-refractivity contribution in [3.8, 4) is 11.4 Å². The molecule has 0 atom stereocenters. The zero-order valence-electron chi connectivity index (χ0n) is 12.4. The van der Waals surface area contributed by atoms with Crippen molar-refractivity contribution in [1.82, 2.24) is 9.97 Å². The number of aryl methyl sites for hydroxylation is 1. The van der Waals surface area contributed by atoms with E-state index in [4.69, 9.17) is 11.6 Å². The standard InChI is InChI=1S/C18H17ClN2/c1-11(2)14-8-9-16-15(10-14)17(19)21-18(20-16)13-6-4-12(3)5-7-13/h4-11H,1-3H3. The zero-order valence-corrected chi connectivity index (χ0v) is 13.1. The number of benzene rings is 2. The molecule has 3 aromatic rings. The molecule has 0 saturated carbocycles. The predicted octanol–water partition coefficient (Wildman–Crippen LogP) is 5.38. The third kappa shape index (κ3) is 2.77. The number of hydrogen-bond acceptors (Lipinski definition) is 2. The van der Waals surface area contributed by atoms with Gasteiger partial charge in [-0.05, 0) is 30.5 Å². The Morgan fingerprint density at radius 1 is 0.952 bits per heavy atom. The van der Waals surface area contributed by atoms with Crippen LogP contribution < -0.4 is 0 Å². The maximum absolute atomic E-state index is 6.37. The van der Waals surface area contributed by atoms with Crippen molar-refractivity contribution in [2.24, 2.45) is 0 Å². The second-order valence-electron chi connectivity index (χ2n) is 5.64. The van der Waals surface area contributed by atoms with Crippen molar-refractivity contribution < 1.29 is 0 Å². The van der Waals surface area contributed by atoms with E-state index in [1.807, 2.05) is 18.2 Å². The zero-order chi connectivity index (χ0) is 15.0. The molecule has 0 aliphatic carbocycles. The van der Waals surface area contributed by atoms with E-state index in [9.17, 15) is 0 Å². The molecule has 2 aromatic carbocycles. The summed E-state index contributed by atoms with van der Waals surface area (Å²) in [4.78, 5) is 9.10. The van der Waals surface area contributed by atoms with Gasteiger partial charge in [-0.2, -0.15) is 0 Å². The molecule has 0 bridgehead atoms. The molecular formula is C18H17ClN2. The first kappa shape index (κ1) is 14.0. The van der Waals surface area contributed by atoms with E-state index in [1.165, 1.54) is 11.1 Å². The Balaban J connectivity index is 2.15. The first-order valence-corrected chi connectivity index (χ1v) is 7.46. The number of rotatable bonds is 2. The van der Waals surface area contributed by atoms with Crippen molar-refractivity contribution in [3.63, 3.8) is 0 Å². The number of aromatic nitrogens is 2. The van der Waals surface area contributed by atoms with Gasteiger partial charge in [0.1, 0.15) is 5.15 Å². The minimum absolute atomic E-state index is 0.460. The number of hydrogen-bond donors (Lipinski definition) is 0. The molecule has 0 spiro atoms. The smallest absolute Gasteiger partial charge is 0.161 e. The molecule has 0 aliphatic rings. The summed E-state index contributed by atoms with van der Waals surface area (Å²) in [5, 5.41) is 1.43. The average molecular weight is 297 g/mol. The highest BCUT2D eigenvalue weighted by atomic mass is 35.5. The van der Waals surface area contributed by atoms with Crippen LogP contribution in [0, 0.1) is 6.92 Å². The number of halogens is 1. The van der Waals surface area contributed by atoms with Crippen molar-refractivity contribution in [2.45, 2.75) is 26.7 Å². The molecule has 21 heavy (non-hydrogen) atoms. The van der Waals surface area contributed by atoms with Gasteiger partial charge < -0.3 is 0 Å². The highest BCUT2D eigenvalue weighted by Crippen LogP contribution is 2.27. The molecule has 2 nitrogen and oxygen atoms in total. The number of fused-ring (bicyclic) bond motifs is 1. The maximum Gasteiger partial charge on any atom is 0.161 e. The molecule has 0 fully saturated rings. The van der Waals surface area contributed by atoms with Gasteiger partial charge in [-0.3, -0.25) is 0 Å². The second-order valence-corrected chi connectivity index (χ2v) is 5.99. The van der Waals surface area contributed by atoms with Crippen molar-refractivity contribution in [3.05, 3.63) is 58.7 Å². The first-order chi connectivity index (χ1) is 10.0. The SMILES string of the molecule is Cc1ccc(-c2nc(Cl)c3cc(C(C)C)ccc3n2)cc1. The molecule has 0 unspecified atom stereocenters. The van der Waals surface area contributed by atoms with E-state index in [2.05, 4.69) is 55.0 Å². The van der Waals surface area contributed by atoms with Gasteiger partial charge in [0.05, 0.1) is 5.52 Å². The fourth-order valence-corrected chi connectivity index (χ4v) is 2.53. The fraction of sp³-hybridized carbons (Fsp3) is 0.222. The van der Waals surface area contributed by atoms with Gasteiger partial charge in [0.15, 0.2) is 5.82 Å². The summed E-state index contributed by atoms with van der Waals surface area (Å²) < 4.78 is 0. The summed E-state index contributed by atoms with van der Waals surface area (Å²) in [6.07, 6.45) is 0. The molecule has 1 heterocycles. The topological polar surface area (TPSA) is 25.8 Å². The van der Waals surface area contributed by atoms with Gasteiger partial charge in [0.2, 0.25) is 0 Å². The van der Waals surface area contributed by atoms with E-state index < -0.39 is 0 Å². The highest BCUT2D eigenvalue weighted by Gasteiger charge is 2.09. The molecule has 0 amide bonds. The third-order valence-electron chi connectivity index (χ3n) is 3.65. The lowest BCUT2D eigenvalue weighted by atomic mass is 10.0. The Morgan fingerprint density at radius 3 is 2.33 bits per heavy atom. The molecule has 3 rings (SSSR count). The normalized spacial score (nSPS) is 11.3. The van der Waals surface area contributed by atoms with Crippen LogP contribution in [0.2, 0.25) is 5.15 Å². The van der Waals surface area contributed by atoms with Crippen LogP contribution in [0.3, 0.4) is 0 Å². The number of nitrogens with zero attached hydrogens (tertiary/aromatic N) is 2. The van der Waals surface area contributed by atoms with Crippen molar-refractivity contribution in [1.29, 1.82) is 0 Å². The molecule has 1 aromatic heterocycles. The minimum Gasteiger partial charge on any atom is -0.228 e. The molecular weight excluding hydrogens is 280 g/mol. The predicted molar refractivity (Wildman–Crippen MR) is 88.8 cm³/mol. The minimum atomic E-state index is 0.460. The summed E-state index contributed by atoms with van der Waals surface area (Å²) in [6.45, 7) is 6.39. The van der Waals surface area contributed by atoms with Gasteiger partial charge in [-0.15, -0.1) is 0 Å². The van der Waals surface area contributed by atoms with E-state index in [0.717, 1.165) is 16.5 Å². The Hall–Kier alpha value is -1.93. The average Bonchev–Trinajstić information content (AvgIpc) is 2.47. The van der Waals surface area contributed by atoms with E-state index in [-0.39, 0.29) is 0 Å². The van der Waals surface area contributed by atoms with Crippen LogP contribution in [0.4, 0.5) is 0 Å². The first-order valence-electron chi connectivity index (χ1n) is 7.09. The van der Waals surface area contributed by atoms with Crippen LogP contribution in [0.15, 0.2) is 42.5 Å². The van der Waals surface area contributed by atoms with Crippen LogP contribution >= 0.6 is 11.6 Å². The highest BCUT2D eigenvalue weighted by molar-refractivity contribution is 6.34. The molecule has 0 saturated heterocycles. The van der Waals surface area contributed by atoms with Crippen LogP contribution in [0.1, 0.15) is 30.9 Å². The summed E-state index contributed by atoms with van der Waals surface area (Å²) in [7, 11) is 0. The van der Waals surface area contributed by atoms with Gasteiger partial charge in [-0.25, -0.2) is 9.97 Å². The van der Waals surface area contributed by atoms with E-state index in [0.29, 0.717) is 16.9 Å². The molecule has 0 radical (unpaired) electrons. The summed E-state index contributed by atoms with van der Waals surface area (Å²) in [5.41, 5.74) is 4.33. The molecule has 3 heteroatoms. The van der Waals surface area contributed by atoms with Crippen LogP contribution in [-0.2, 0) is 0 Å². The molecule has 0 N–H and O–H groups in total. The molecule has 0 aliphatic heterocycles. The lowest BCUT2D eigenvalue weighted by molar-refractivity contribution is 0.868. The van der Waals surface area contributed by atoms with E-state index in [1.54, 1.807) is 0 Å². The Bertz CT molecular complexity index is 792. The van der Waals surface area contributed by atoms with Gasteiger partial charge >= 0.3 is 0 Å². The Morgan fingerprint density at radius 2 is 1.67 bits per heavy atom. The monoisotopic (exact) mass is 296 g/mol. The third-order valence-corrected chi connectivity index (χ3v) is 3.94. The van der Waals surface area contributed by atoms with Crippen LogP contribution in [0.25, 0.3) is 22.3 Å². The Labute approximate surface area is 129 Å². The maximum atomic E-state index is 6.37. The van der Waals surface area contributed by atoms with Gasteiger partial charge in [-0.1, -0.05) is 61.3 Å². The summed E-state index contributed by atoms with van der Waals surface area (Å²) in [5.74, 6) is 1.13. The lowest BCUT2D eigenvalue weighted by Gasteiger charge is -2.09. The van der Waals surface area contributed by atoms with E-state index >= 15 is 0 Å². The van der Waals surface area contributed by atoms with Crippen LogP contribution in [0.5, 0.6) is 0 Å². The largest absolute Gasteiger partial charge is 0.228 e. The van der Waals surface area contributed by atoms with Crippen LogP contribution in [-0.4, -0.2) is 9.97 Å². The van der Waals surface area contributed by atoms with Gasteiger partial charge in [0.25, 0.3) is 0 Å². The van der Waals surface area contributed by atoms with Crippen molar-refractivity contribution in [2.75, 3.05) is 0 Å². The lowest BCUT2D eigenvalue weighted by Crippen LogP contribution is -1.94. The summed E-state index contributed by atoms with van der Waals surface area (Å²) in [6, 6.07) is 14.4. The Kier molecular flexibility index (Phi) is 3.64. The fourth-order valence-electron chi connectivity index (χ4n) is 2.30. The summed E-state index contributed by atoms with van der Waals surface area (Å²) >= 11 is 6.37. The molecule has 106 valence electrons. The van der Waals surface area contributed by atoms with Crippen molar-refractivity contribution >= 4 is 22.5 Å². The quantitative estimate of drug-likeness (QED) is 0.593. The van der Waals surface area contributed by atoms with Gasteiger partial charge in [0, 0.05) is 10.9 Å². The second kappa shape index (κ2) is 5.45.